The van der Waals surface area contributed by atoms with Gasteiger partial charge in [-0.1, -0.05) is 25.7 Å². The van der Waals surface area contributed by atoms with Crippen LogP contribution in [0.3, 0.4) is 0 Å². The van der Waals surface area contributed by atoms with Crippen LogP contribution in [-0.2, 0) is 10.0 Å². The Labute approximate surface area is 105 Å². The fourth-order valence-corrected chi connectivity index (χ4v) is 3.36. The number of nitrogens with two attached hydrogens (primary N) is 1. The minimum atomic E-state index is -3.31. The lowest BCUT2D eigenvalue weighted by molar-refractivity contribution is 0.338. The molecule has 1 aliphatic rings. The number of hydrogen-bond donors (Lipinski definition) is 2. The molecule has 0 aromatic carbocycles. The summed E-state index contributed by atoms with van der Waals surface area (Å²) in [5.41, 5.74) is 5.42. The SMILES string of the molecule is CC(C)(C)S(=O)(=O)NC1(CN)CCCCCC1. The predicted octanol–water partition coefficient (Wildman–Crippen LogP) is 1.76. The third-order valence-electron chi connectivity index (χ3n) is 3.61. The normalized spacial score (nSPS) is 22.1. The minimum absolute atomic E-state index is 0.391. The van der Waals surface area contributed by atoms with Crippen LogP contribution < -0.4 is 10.5 Å². The predicted molar refractivity (Wildman–Crippen MR) is 71.3 cm³/mol. The summed E-state index contributed by atoms with van der Waals surface area (Å²) in [6.45, 7) is 5.55. The topological polar surface area (TPSA) is 72.2 Å². The molecule has 0 amide bonds. The maximum Gasteiger partial charge on any atom is 0.217 e. The Morgan fingerprint density at radius 1 is 1.12 bits per heavy atom. The summed E-state index contributed by atoms with van der Waals surface area (Å²) >= 11 is 0. The zero-order chi connectivity index (χ0) is 13.2. The van der Waals surface area contributed by atoms with Crippen LogP contribution in [0.1, 0.15) is 59.3 Å². The molecule has 0 heterocycles. The first-order valence-corrected chi connectivity index (χ1v) is 7.94. The van der Waals surface area contributed by atoms with Gasteiger partial charge in [0, 0.05) is 12.1 Å². The van der Waals surface area contributed by atoms with E-state index >= 15 is 0 Å². The molecule has 102 valence electrons. The average Bonchev–Trinajstić information content (AvgIpc) is 2.42. The second kappa shape index (κ2) is 5.24. The number of rotatable bonds is 3. The van der Waals surface area contributed by atoms with Gasteiger partial charge in [0.05, 0.1) is 4.75 Å². The summed E-state index contributed by atoms with van der Waals surface area (Å²) in [4.78, 5) is 0. The van der Waals surface area contributed by atoms with E-state index in [1.807, 2.05) is 0 Å². The van der Waals surface area contributed by atoms with Crippen molar-refractivity contribution in [3.63, 3.8) is 0 Å². The molecule has 0 bridgehead atoms. The van der Waals surface area contributed by atoms with Crippen molar-refractivity contribution in [1.29, 1.82) is 0 Å². The van der Waals surface area contributed by atoms with Crippen LogP contribution in [0.15, 0.2) is 0 Å². The lowest BCUT2D eigenvalue weighted by Crippen LogP contribution is -2.57. The summed E-state index contributed by atoms with van der Waals surface area (Å²) in [5.74, 6) is 0. The molecule has 17 heavy (non-hydrogen) atoms. The lowest BCUT2D eigenvalue weighted by Gasteiger charge is -2.35. The molecule has 0 unspecified atom stereocenters. The van der Waals surface area contributed by atoms with E-state index < -0.39 is 20.3 Å². The molecule has 0 saturated heterocycles. The van der Waals surface area contributed by atoms with E-state index in [0.717, 1.165) is 25.7 Å². The van der Waals surface area contributed by atoms with Crippen molar-refractivity contribution in [2.75, 3.05) is 6.54 Å². The van der Waals surface area contributed by atoms with E-state index in [0.29, 0.717) is 6.54 Å². The van der Waals surface area contributed by atoms with Crippen molar-refractivity contribution in [1.82, 2.24) is 4.72 Å². The molecule has 0 aliphatic heterocycles. The minimum Gasteiger partial charge on any atom is -0.329 e. The third-order valence-corrected chi connectivity index (χ3v) is 5.92. The highest BCUT2D eigenvalue weighted by Gasteiger charge is 2.38. The smallest absolute Gasteiger partial charge is 0.217 e. The van der Waals surface area contributed by atoms with Gasteiger partial charge < -0.3 is 5.73 Å². The number of nitrogens with one attached hydrogen (secondary N) is 1. The van der Waals surface area contributed by atoms with Gasteiger partial charge >= 0.3 is 0 Å². The molecule has 5 heteroatoms. The van der Waals surface area contributed by atoms with Crippen molar-refractivity contribution in [3.8, 4) is 0 Å². The Kier molecular flexibility index (Phi) is 4.60. The van der Waals surface area contributed by atoms with Gasteiger partial charge in [0.15, 0.2) is 0 Å². The van der Waals surface area contributed by atoms with E-state index in [-0.39, 0.29) is 0 Å². The van der Waals surface area contributed by atoms with E-state index in [2.05, 4.69) is 4.72 Å². The zero-order valence-corrected chi connectivity index (χ0v) is 12.1. The fraction of sp³-hybridized carbons (Fsp3) is 1.00. The summed E-state index contributed by atoms with van der Waals surface area (Å²) in [5, 5.41) is 0. The monoisotopic (exact) mass is 262 g/mol. The molecule has 0 aromatic rings. The van der Waals surface area contributed by atoms with Crippen LogP contribution in [0.5, 0.6) is 0 Å². The van der Waals surface area contributed by atoms with Gasteiger partial charge in [0.1, 0.15) is 0 Å². The molecule has 0 radical (unpaired) electrons. The second-order valence-corrected chi connectivity index (χ2v) is 8.55. The largest absolute Gasteiger partial charge is 0.329 e. The molecule has 1 fully saturated rings. The van der Waals surface area contributed by atoms with E-state index in [1.165, 1.54) is 12.8 Å². The summed E-state index contributed by atoms with van der Waals surface area (Å²) in [7, 11) is -3.31. The molecule has 0 spiro atoms. The van der Waals surface area contributed by atoms with Gasteiger partial charge in [-0.15, -0.1) is 0 Å². The Bertz CT molecular complexity index is 336. The van der Waals surface area contributed by atoms with Crippen molar-refractivity contribution in [2.45, 2.75) is 69.6 Å². The molecular formula is C12H26N2O2S. The van der Waals surface area contributed by atoms with Crippen molar-refractivity contribution in [2.24, 2.45) is 5.73 Å². The van der Waals surface area contributed by atoms with Gasteiger partial charge in [0.25, 0.3) is 0 Å². The van der Waals surface area contributed by atoms with Crippen molar-refractivity contribution < 1.29 is 8.42 Å². The molecule has 3 N–H and O–H groups in total. The first-order valence-electron chi connectivity index (χ1n) is 6.46. The molecule has 1 saturated carbocycles. The molecule has 4 nitrogen and oxygen atoms in total. The standard InChI is InChI=1S/C12H26N2O2S/c1-11(2,3)17(15,16)14-12(10-13)8-6-4-5-7-9-12/h14H,4-10,13H2,1-3H3. The lowest BCUT2D eigenvalue weighted by atomic mass is 9.92. The van der Waals surface area contributed by atoms with Crippen molar-refractivity contribution in [3.05, 3.63) is 0 Å². The van der Waals surface area contributed by atoms with Crippen molar-refractivity contribution >= 4 is 10.0 Å². The number of sulfonamides is 1. The summed E-state index contributed by atoms with van der Waals surface area (Å²) < 4.78 is 26.6. The van der Waals surface area contributed by atoms with E-state index in [1.54, 1.807) is 20.8 Å². The quantitative estimate of drug-likeness (QED) is 0.761. The van der Waals surface area contributed by atoms with Crippen LogP contribution in [0.4, 0.5) is 0 Å². The third kappa shape index (κ3) is 3.66. The first kappa shape index (κ1) is 14.9. The van der Waals surface area contributed by atoms with Gasteiger partial charge in [-0.3, -0.25) is 0 Å². The Balaban J connectivity index is 2.88. The summed E-state index contributed by atoms with van der Waals surface area (Å²) in [6, 6.07) is 0. The highest BCUT2D eigenvalue weighted by Crippen LogP contribution is 2.28. The summed E-state index contributed by atoms with van der Waals surface area (Å²) in [6.07, 6.45) is 6.20. The van der Waals surface area contributed by atoms with E-state index in [9.17, 15) is 8.42 Å². The van der Waals surface area contributed by atoms with Gasteiger partial charge in [-0.2, -0.15) is 0 Å². The van der Waals surface area contributed by atoms with Crippen LogP contribution >= 0.6 is 0 Å². The first-order chi connectivity index (χ1) is 7.72. The average molecular weight is 262 g/mol. The maximum absolute atomic E-state index is 12.2. The van der Waals surface area contributed by atoms with Crippen LogP contribution in [0, 0.1) is 0 Å². The zero-order valence-electron chi connectivity index (χ0n) is 11.3. The van der Waals surface area contributed by atoms with Gasteiger partial charge in [0.2, 0.25) is 10.0 Å². The highest BCUT2D eigenvalue weighted by molar-refractivity contribution is 7.90. The fourth-order valence-electron chi connectivity index (χ4n) is 2.19. The maximum atomic E-state index is 12.2. The van der Waals surface area contributed by atoms with Crippen LogP contribution in [0.2, 0.25) is 0 Å². The molecule has 0 aromatic heterocycles. The number of hydrogen-bond acceptors (Lipinski definition) is 3. The Hall–Kier alpha value is -0.130. The second-order valence-electron chi connectivity index (χ2n) is 6.12. The Morgan fingerprint density at radius 2 is 1.59 bits per heavy atom. The van der Waals surface area contributed by atoms with Gasteiger partial charge in [-0.05, 0) is 33.6 Å². The molecule has 0 atom stereocenters. The van der Waals surface area contributed by atoms with E-state index in [4.69, 9.17) is 5.73 Å². The molecular weight excluding hydrogens is 236 g/mol. The highest BCUT2D eigenvalue weighted by atomic mass is 32.2. The molecule has 1 rings (SSSR count). The van der Waals surface area contributed by atoms with Gasteiger partial charge in [-0.25, -0.2) is 13.1 Å². The van der Waals surface area contributed by atoms with Crippen LogP contribution in [-0.4, -0.2) is 25.2 Å². The van der Waals surface area contributed by atoms with Crippen LogP contribution in [0.25, 0.3) is 0 Å². The Morgan fingerprint density at radius 3 is 1.94 bits per heavy atom. The molecule has 1 aliphatic carbocycles.